The second-order valence-electron chi connectivity index (χ2n) is 11.0. The minimum absolute atomic E-state index is 0.0161. The molecule has 47 heavy (non-hydrogen) atoms. The Kier molecular flexibility index (Phi) is 11.6. The van der Waals surface area contributed by atoms with Gasteiger partial charge in [0.05, 0.1) is 18.5 Å². The van der Waals surface area contributed by atoms with Gasteiger partial charge in [-0.2, -0.15) is 13.6 Å². The Morgan fingerprint density at radius 2 is 1.85 bits per heavy atom. The molecule has 6 atom stereocenters. The van der Waals surface area contributed by atoms with Crippen LogP contribution in [0.15, 0.2) is 35.4 Å². The molecule has 19 nitrogen and oxygen atoms in total. The molecule has 0 saturated carbocycles. The van der Waals surface area contributed by atoms with Crippen LogP contribution >= 0.6 is 45.1 Å². The van der Waals surface area contributed by atoms with Crippen molar-refractivity contribution in [1.82, 2.24) is 19.5 Å². The second kappa shape index (κ2) is 14.4. The predicted molar refractivity (Wildman–Crippen MR) is 170 cm³/mol. The van der Waals surface area contributed by atoms with E-state index in [0.717, 1.165) is 0 Å². The number of hydrogen-bond acceptors (Lipinski definition) is 15. The summed E-state index contributed by atoms with van der Waals surface area (Å²) in [4.78, 5) is 73.3. The third-order valence-electron chi connectivity index (χ3n) is 6.08. The number of nitrogen functional groups attached to an aromatic ring is 1. The first-order valence-corrected chi connectivity index (χ1v) is 20.2. The lowest BCUT2D eigenvalue weighted by Crippen LogP contribution is -2.31. The molecule has 1 aliphatic rings. The summed E-state index contributed by atoms with van der Waals surface area (Å²) in [5.41, 5.74) is 5.91. The first kappa shape index (κ1) is 37.7. The Morgan fingerprint density at radius 1 is 1.17 bits per heavy atom. The van der Waals surface area contributed by atoms with Gasteiger partial charge in [0, 0.05) is 16.4 Å². The van der Waals surface area contributed by atoms with E-state index in [4.69, 9.17) is 29.5 Å². The highest BCUT2D eigenvalue weighted by molar-refractivity contribution is 8.77. The third-order valence-corrected chi connectivity index (χ3v) is 13.7. The number of phosphoric ester groups is 1. The fraction of sp³-hybridized carbons (Fsp3) is 0.478. The second-order valence-corrected chi connectivity index (χ2v) is 18.8. The van der Waals surface area contributed by atoms with Gasteiger partial charge in [0.1, 0.15) is 18.4 Å². The van der Waals surface area contributed by atoms with Crippen molar-refractivity contribution < 1.29 is 60.7 Å². The predicted octanol–water partition coefficient (Wildman–Crippen LogP) is 3.80. The van der Waals surface area contributed by atoms with E-state index in [0.29, 0.717) is 5.56 Å². The van der Waals surface area contributed by atoms with Crippen molar-refractivity contribution in [2.24, 2.45) is 0 Å². The van der Waals surface area contributed by atoms with Gasteiger partial charge < -0.3 is 34.8 Å². The number of anilines is 1. The van der Waals surface area contributed by atoms with Gasteiger partial charge in [0.2, 0.25) is 5.95 Å². The van der Waals surface area contributed by atoms with E-state index < -0.39 is 60.0 Å². The molecule has 1 saturated heterocycles. The third kappa shape index (κ3) is 10.4. The molecule has 0 bridgehead atoms. The Hall–Kier alpha value is -2.09. The lowest BCUT2D eigenvalue weighted by atomic mass is 10.0. The minimum atomic E-state index is -5.79. The summed E-state index contributed by atoms with van der Waals surface area (Å²) in [6, 6.07) is 6.78. The number of aromatic nitrogens is 4. The molecular weight excluding hydrogens is 727 g/mol. The van der Waals surface area contributed by atoms with E-state index in [1.807, 2.05) is 6.92 Å². The molecular formula is C23H32N5O14P3S2. The van der Waals surface area contributed by atoms with Gasteiger partial charge in [-0.25, -0.2) is 23.5 Å². The van der Waals surface area contributed by atoms with E-state index in [1.54, 1.807) is 45.9 Å². The summed E-state index contributed by atoms with van der Waals surface area (Å²) in [5, 5.41) is -0.136. The molecule has 0 amide bonds. The molecule has 1 fully saturated rings. The highest BCUT2D eigenvalue weighted by atomic mass is 33.1. The van der Waals surface area contributed by atoms with Crippen molar-refractivity contribution in [2.45, 2.75) is 62.5 Å². The standard InChI is InChI=1S/C23H32N5O14P3S2/c1-12(46-47-23(2,3)4)13-7-5-6-8-14(13)21(30)40-15-9-17(28-11-25-18-19(28)26-22(24)27-20(18)29)39-16(15)10-38-44(34,35)42-45(36,37)41-43(31,32)33/h5-8,11-12,15-17H,9-10H2,1-4H3,(H,34,35)(H,36,37)(H2,31,32,33)(H3,24,26,27,29)/t12?,15-,16?,17-/m1/s1. The molecule has 4 rings (SSSR count). The highest BCUT2D eigenvalue weighted by Crippen LogP contribution is 2.66. The van der Waals surface area contributed by atoms with Gasteiger partial charge in [-0.3, -0.25) is 18.9 Å². The fourth-order valence-corrected chi connectivity index (χ4v) is 9.66. The van der Waals surface area contributed by atoms with Crippen molar-refractivity contribution >= 4 is 68.1 Å². The lowest BCUT2D eigenvalue weighted by Gasteiger charge is -2.23. The number of imidazole rings is 1. The maximum Gasteiger partial charge on any atom is 0.490 e. The Bertz CT molecular complexity index is 1830. The first-order valence-electron chi connectivity index (χ1n) is 13.4. The molecule has 2 aromatic heterocycles. The summed E-state index contributed by atoms with van der Waals surface area (Å²) in [6.45, 7) is 7.19. The molecule has 0 spiro atoms. The highest BCUT2D eigenvalue weighted by Gasteiger charge is 2.44. The van der Waals surface area contributed by atoms with E-state index in [2.05, 4.69) is 44.3 Å². The van der Waals surface area contributed by atoms with Crippen LogP contribution in [0.25, 0.3) is 11.2 Å². The van der Waals surface area contributed by atoms with Crippen molar-refractivity contribution in [1.29, 1.82) is 0 Å². The van der Waals surface area contributed by atoms with Gasteiger partial charge in [-0.05, 0) is 18.6 Å². The monoisotopic (exact) mass is 759 g/mol. The topological polar surface area (TPSA) is 285 Å². The number of esters is 1. The van der Waals surface area contributed by atoms with Gasteiger partial charge in [-0.1, -0.05) is 60.6 Å². The van der Waals surface area contributed by atoms with Crippen LogP contribution in [0.1, 0.15) is 61.5 Å². The molecule has 7 N–H and O–H groups in total. The SMILES string of the molecule is CC(SSC(C)(C)C)c1ccccc1C(=O)O[C@@H]1C[C@H](n2cnc3c(=O)[nH]c(N)nc32)OC1COP(=O)(O)OP(=O)(O)OP(=O)(O)O. The molecule has 4 unspecified atom stereocenters. The molecule has 3 heterocycles. The van der Waals surface area contributed by atoms with Crippen LogP contribution in [0.2, 0.25) is 0 Å². The smallest absolute Gasteiger partial charge is 0.456 e. The molecule has 1 aliphatic heterocycles. The zero-order valence-corrected chi connectivity index (χ0v) is 29.4. The minimum Gasteiger partial charge on any atom is -0.456 e. The summed E-state index contributed by atoms with van der Waals surface area (Å²) >= 11 is 0. The first-order chi connectivity index (χ1) is 21.6. The Balaban J connectivity index is 1.59. The van der Waals surface area contributed by atoms with Gasteiger partial charge >= 0.3 is 29.4 Å². The Labute approximate surface area is 274 Å². The number of nitrogens with two attached hydrogens (primary N) is 1. The van der Waals surface area contributed by atoms with Gasteiger partial charge in [0.25, 0.3) is 5.56 Å². The zero-order chi connectivity index (χ0) is 34.9. The molecule has 1 aromatic carbocycles. The number of rotatable bonds is 13. The van der Waals surface area contributed by atoms with E-state index >= 15 is 0 Å². The maximum atomic E-state index is 13.6. The number of fused-ring (bicyclic) bond motifs is 1. The Morgan fingerprint density at radius 3 is 2.51 bits per heavy atom. The maximum absolute atomic E-state index is 13.6. The number of carbonyl (C=O) groups excluding carboxylic acids is 1. The fourth-order valence-electron chi connectivity index (χ4n) is 4.28. The molecule has 0 radical (unpaired) electrons. The number of H-pyrrole nitrogens is 1. The molecule has 0 aliphatic carbocycles. The van der Waals surface area contributed by atoms with Crippen LogP contribution in [0, 0.1) is 0 Å². The summed E-state index contributed by atoms with van der Waals surface area (Å²) < 4.78 is 60.5. The number of benzene rings is 1. The van der Waals surface area contributed by atoms with E-state index in [-0.39, 0.29) is 39.1 Å². The zero-order valence-electron chi connectivity index (χ0n) is 25.1. The van der Waals surface area contributed by atoms with Crippen LogP contribution in [0.3, 0.4) is 0 Å². The number of aromatic amines is 1. The summed E-state index contributed by atoms with van der Waals surface area (Å²) in [6.07, 6.45) is -2.49. The normalized spacial score (nSPS) is 22.1. The van der Waals surface area contributed by atoms with Crippen LogP contribution in [0.4, 0.5) is 5.95 Å². The van der Waals surface area contributed by atoms with Crippen LogP contribution < -0.4 is 11.3 Å². The number of carbonyl (C=O) groups is 1. The number of hydrogen-bond donors (Lipinski definition) is 6. The quantitative estimate of drug-likeness (QED) is 0.0820. The van der Waals surface area contributed by atoms with E-state index in [9.17, 15) is 33.1 Å². The van der Waals surface area contributed by atoms with Gasteiger partial charge in [0.15, 0.2) is 11.2 Å². The number of nitrogens with zero attached hydrogens (tertiary/aromatic N) is 3. The van der Waals surface area contributed by atoms with Crippen molar-refractivity contribution in [3.05, 3.63) is 52.1 Å². The van der Waals surface area contributed by atoms with Crippen molar-refractivity contribution in [2.75, 3.05) is 12.3 Å². The van der Waals surface area contributed by atoms with E-state index in [1.165, 1.54) is 10.9 Å². The van der Waals surface area contributed by atoms with Crippen LogP contribution in [-0.4, -0.2) is 68.6 Å². The van der Waals surface area contributed by atoms with Crippen molar-refractivity contribution in [3.8, 4) is 0 Å². The van der Waals surface area contributed by atoms with Crippen LogP contribution in [-0.2, 0) is 36.3 Å². The number of nitrogens with one attached hydrogen (secondary N) is 1. The number of phosphoric acid groups is 3. The van der Waals surface area contributed by atoms with Crippen molar-refractivity contribution in [3.63, 3.8) is 0 Å². The van der Waals surface area contributed by atoms with Crippen LogP contribution in [0.5, 0.6) is 0 Å². The molecule has 260 valence electrons. The number of ether oxygens (including phenoxy) is 2. The summed E-state index contributed by atoms with van der Waals surface area (Å²) in [5.74, 6) is -0.983. The average molecular weight is 760 g/mol. The average Bonchev–Trinajstić information content (AvgIpc) is 3.52. The lowest BCUT2D eigenvalue weighted by molar-refractivity contribution is -0.0490. The largest absolute Gasteiger partial charge is 0.490 e. The van der Waals surface area contributed by atoms with Gasteiger partial charge in [-0.15, -0.1) is 0 Å². The summed E-state index contributed by atoms with van der Waals surface area (Å²) in [7, 11) is -13.8. The molecule has 24 heteroatoms. The molecule has 3 aromatic rings.